The van der Waals surface area contributed by atoms with Crippen molar-refractivity contribution in [3.05, 3.63) is 34.8 Å². The standard InChI is InChI=1S/C11H10BrN5/c1-7-9(12)17-11(14-7)16(2)10(15-17)8-3-5-13-6-4-8/h3-6H,1-2H3. The molecule has 17 heavy (non-hydrogen) atoms. The van der Waals surface area contributed by atoms with Gasteiger partial charge in [-0.1, -0.05) is 0 Å². The Hall–Kier alpha value is -1.69. The Bertz CT molecular complexity index is 683. The van der Waals surface area contributed by atoms with Crippen molar-refractivity contribution in [3.8, 4) is 11.4 Å². The van der Waals surface area contributed by atoms with Gasteiger partial charge in [0.1, 0.15) is 4.60 Å². The van der Waals surface area contributed by atoms with Crippen molar-refractivity contribution in [1.29, 1.82) is 0 Å². The predicted molar refractivity (Wildman–Crippen MR) is 67.6 cm³/mol. The second kappa shape index (κ2) is 3.66. The molecule has 86 valence electrons. The van der Waals surface area contributed by atoms with Crippen molar-refractivity contribution in [2.24, 2.45) is 7.05 Å². The van der Waals surface area contributed by atoms with E-state index in [0.717, 1.165) is 27.5 Å². The molecule has 0 spiro atoms. The minimum atomic E-state index is 0.821. The lowest BCUT2D eigenvalue weighted by molar-refractivity contribution is 0.936. The zero-order valence-electron chi connectivity index (χ0n) is 9.42. The molecule has 0 N–H and O–H groups in total. The number of halogens is 1. The quantitative estimate of drug-likeness (QED) is 0.691. The molecule has 0 unspecified atom stereocenters. The molecule has 3 heterocycles. The first kappa shape index (κ1) is 10.5. The van der Waals surface area contributed by atoms with E-state index in [9.17, 15) is 0 Å². The molecule has 0 amide bonds. The monoisotopic (exact) mass is 291 g/mol. The summed E-state index contributed by atoms with van der Waals surface area (Å²) in [6.07, 6.45) is 3.51. The first-order chi connectivity index (χ1) is 8.18. The molecule has 6 heteroatoms. The number of aromatic nitrogens is 5. The van der Waals surface area contributed by atoms with Crippen molar-refractivity contribution < 1.29 is 0 Å². The summed E-state index contributed by atoms with van der Waals surface area (Å²) in [6, 6.07) is 3.87. The molecule has 0 aliphatic heterocycles. The van der Waals surface area contributed by atoms with Crippen LogP contribution in [-0.2, 0) is 7.05 Å². The maximum atomic E-state index is 4.55. The lowest BCUT2D eigenvalue weighted by atomic mass is 10.2. The van der Waals surface area contributed by atoms with E-state index in [4.69, 9.17) is 0 Å². The molecule has 0 saturated heterocycles. The lowest BCUT2D eigenvalue weighted by Gasteiger charge is -1.99. The number of rotatable bonds is 1. The summed E-state index contributed by atoms with van der Waals surface area (Å²) in [5.41, 5.74) is 1.96. The third kappa shape index (κ3) is 1.48. The van der Waals surface area contributed by atoms with E-state index < -0.39 is 0 Å². The molecule has 0 aliphatic carbocycles. The van der Waals surface area contributed by atoms with Crippen molar-refractivity contribution in [2.75, 3.05) is 0 Å². The summed E-state index contributed by atoms with van der Waals surface area (Å²) in [7, 11) is 1.96. The predicted octanol–water partition coefficient (Wildman–Crippen LogP) is 2.20. The first-order valence-corrected chi connectivity index (χ1v) is 5.95. The summed E-state index contributed by atoms with van der Waals surface area (Å²) in [6.45, 7) is 1.95. The second-order valence-electron chi connectivity index (χ2n) is 3.82. The van der Waals surface area contributed by atoms with Crippen LogP contribution in [-0.4, -0.2) is 24.1 Å². The van der Waals surface area contributed by atoms with E-state index in [1.165, 1.54) is 0 Å². The maximum absolute atomic E-state index is 4.55. The van der Waals surface area contributed by atoms with E-state index in [1.54, 1.807) is 16.9 Å². The van der Waals surface area contributed by atoms with Gasteiger partial charge in [0.2, 0.25) is 5.78 Å². The van der Waals surface area contributed by atoms with Gasteiger partial charge in [-0.05, 0) is 35.0 Å². The topological polar surface area (TPSA) is 48.0 Å². The van der Waals surface area contributed by atoms with Gasteiger partial charge in [-0.2, -0.15) is 4.52 Å². The number of pyridine rings is 1. The Balaban J connectivity index is 2.29. The summed E-state index contributed by atoms with van der Waals surface area (Å²) >= 11 is 3.48. The Morgan fingerprint density at radius 1 is 1.24 bits per heavy atom. The van der Waals surface area contributed by atoms with Gasteiger partial charge in [0.25, 0.3) is 0 Å². The fraction of sp³-hybridized carbons (Fsp3) is 0.182. The molecule has 5 nitrogen and oxygen atoms in total. The van der Waals surface area contributed by atoms with Crippen LogP contribution in [0.2, 0.25) is 0 Å². The molecular formula is C11H10BrN5. The third-order valence-electron chi connectivity index (χ3n) is 2.69. The molecule has 0 fully saturated rings. The highest BCUT2D eigenvalue weighted by atomic mass is 79.9. The normalized spacial score (nSPS) is 11.2. The van der Waals surface area contributed by atoms with Gasteiger partial charge in [0.05, 0.1) is 5.69 Å². The number of imidazole rings is 1. The highest BCUT2D eigenvalue weighted by Crippen LogP contribution is 2.22. The van der Waals surface area contributed by atoms with Crippen LogP contribution in [0.4, 0.5) is 0 Å². The van der Waals surface area contributed by atoms with E-state index >= 15 is 0 Å². The van der Waals surface area contributed by atoms with Crippen molar-refractivity contribution >= 4 is 21.7 Å². The SMILES string of the molecule is Cc1nc2n(C)c(-c3ccncc3)nn2c1Br. The molecule has 0 saturated carbocycles. The average molecular weight is 292 g/mol. The summed E-state index contributed by atoms with van der Waals surface area (Å²) in [4.78, 5) is 8.46. The van der Waals surface area contributed by atoms with E-state index in [-0.39, 0.29) is 0 Å². The minimum absolute atomic E-state index is 0.821. The number of hydrogen-bond donors (Lipinski definition) is 0. The van der Waals surface area contributed by atoms with Crippen molar-refractivity contribution in [3.63, 3.8) is 0 Å². The molecule has 3 aromatic heterocycles. The smallest absolute Gasteiger partial charge is 0.233 e. The van der Waals surface area contributed by atoms with Crippen LogP contribution in [0.15, 0.2) is 29.1 Å². The fourth-order valence-corrected chi connectivity index (χ4v) is 2.13. The zero-order valence-corrected chi connectivity index (χ0v) is 11.0. The number of nitrogens with zero attached hydrogens (tertiary/aromatic N) is 5. The number of hydrogen-bond acceptors (Lipinski definition) is 3. The molecular weight excluding hydrogens is 282 g/mol. The van der Waals surface area contributed by atoms with E-state index in [0.29, 0.717) is 0 Å². The third-order valence-corrected chi connectivity index (χ3v) is 3.60. The largest absolute Gasteiger partial charge is 0.296 e. The summed E-state index contributed by atoms with van der Waals surface area (Å²) in [5, 5.41) is 4.55. The molecule has 0 bridgehead atoms. The van der Waals surface area contributed by atoms with Crippen LogP contribution >= 0.6 is 15.9 Å². The average Bonchev–Trinajstić information content (AvgIpc) is 2.81. The molecule has 3 rings (SSSR count). The van der Waals surface area contributed by atoms with Crippen LogP contribution in [0.5, 0.6) is 0 Å². The van der Waals surface area contributed by atoms with E-state index in [1.807, 2.05) is 30.7 Å². The second-order valence-corrected chi connectivity index (χ2v) is 4.57. The molecule has 0 aromatic carbocycles. The summed E-state index contributed by atoms with van der Waals surface area (Å²) < 4.78 is 4.65. The van der Waals surface area contributed by atoms with Crippen LogP contribution in [0.1, 0.15) is 5.69 Å². The van der Waals surface area contributed by atoms with Gasteiger partial charge in [0.15, 0.2) is 5.82 Å². The fourth-order valence-electron chi connectivity index (χ4n) is 1.80. The van der Waals surface area contributed by atoms with Crippen LogP contribution in [0, 0.1) is 6.92 Å². The molecule has 3 aromatic rings. The summed E-state index contributed by atoms with van der Waals surface area (Å²) in [5.74, 6) is 1.69. The van der Waals surface area contributed by atoms with Gasteiger partial charge in [-0.3, -0.25) is 9.55 Å². The lowest BCUT2D eigenvalue weighted by Crippen LogP contribution is -1.93. The first-order valence-electron chi connectivity index (χ1n) is 5.16. The van der Waals surface area contributed by atoms with Gasteiger partial charge in [-0.15, -0.1) is 5.10 Å². The van der Waals surface area contributed by atoms with Crippen molar-refractivity contribution in [1.82, 2.24) is 24.1 Å². The van der Waals surface area contributed by atoms with Gasteiger partial charge >= 0.3 is 0 Å². The number of aryl methyl sites for hydroxylation is 2. The van der Waals surface area contributed by atoms with Crippen molar-refractivity contribution in [2.45, 2.75) is 6.92 Å². The van der Waals surface area contributed by atoms with Gasteiger partial charge < -0.3 is 0 Å². The zero-order chi connectivity index (χ0) is 12.0. The van der Waals surface area contributed by atoms with Gasteiger partial charge in [0, 0.05) is 25.0 Å². The minimum Gasteiger partial charge on any atom is -0.296 e. The maximum Gasteiger partial charge on any atom is 0.233 e. The molecule has 0 radical (unpaired) electrons. The Labute approximate surface area is 106 Å². The molecule has 0 aliphatic rings. The van der Waals surface area contributed by atoms with Gasteiger partial charge in [-0.25, -0.2) is 4.98 Å². The Morgan fingerprint density at radius 3 is 2.59 bits per heavy atom. The Morgan fingerprint density at radius 2 is 1.94 bits per heavy atom. The molecule has 0 atom stereocenters. The Kier molecular flexibility index (Phi) is 2.25. The van der Waals surface area contributed by atoms with E-state index in [2.05, 4.69) is 31.0 Å². The highest BCUT2D eigenvalue weighted by molar-refractivity contribution is 9.10. The van der Waals surface area contributed by atoms with Crippen LogP contribution < -0.4 is 0 Å². The van der Waals surface area contributed by atoms with Crippen LogP contribution in [0.25, 0.3) is 17.2 Å². The van der Waals surface area contributed by atoms with Crippen LogP contribution in [0.3, 0.4) is 0 Å². The highest BCUT2D eigenvalue weighted by Gasteiger charge is 2.15. The number of fused-ring (bicyclic) bond motifs is 1.